The average Bonchev–Trinajstić information content (AvgIpc) is 3.02. The van der Waals surface area contributed by atoms with Crippen LogP contribution in [0.25, 0.3) is 5.70 Å². The Morgan fingerprint density at radius 2 is 1.48 bits per heavy atom. The summed E-state index contributed by atoms with van der Waals surface area (Å²) in [4.78, 5) is 8.66. The maximum absolute atomic E-state index is 5.59. The number of pyridine rings is 1. The second-order valence-electron chi connectivity index (χ2n) is 9.07. The third kappa shape index (κ3) is 8.81. The Balaban J connectivity index is 0.000000264. The lowest BCUT2D eigenvalue weighted by atomic mass is 9.78. The van der Waals surface area contributed by atoms with Crippen LogP contribution >= 0.6 is 0 Å². The second kappa shape index (κ2) is 17.2. The fraction of sp³-hybridized carbons (Fsp3) is 0.222. The molecule has 0 amide bonds. The molecule has 0 aliphatic heterocycles. The van der Waals surface area contributed by atoms with Crippen LogP contribution in [-0.4, -0.2) is 17.9 Å². The molecule has 208 valence electrons. The summed E-state index contributed by atoms with van der Waals surface area (Å²) in [6.45, 7) is 17.3. The summed E-state index contributed by atoms with van der Waals surface area (Å²) in [5.41, 5.74) is 12.8. The minimum atomic E-state index is -0.614. The first-order valence-corrected chi connectivity index (χ1v) is 13.9. The van der Waals surface area contributed by atoms with Gasteiger partial charge < -0.3 is 11.1 Å². The molecule has 0 saturated carbocycles. The van der Waals surface area contributed by atoms with Gasteiger partial charge in [-0.2, -0.15) is 0 Å². The molecule has 0 spiro atoms. The van der Waals surface area contributed by atoms with Crippen LogP contribution in [0.5, 0.6) is 0 Å². The number of aliphatic imine (C=N–C) groups is 1. The normalized spacial score (nSPS) is 10.5. The van der Waals surface area contributed by atoms with Gasteiger partial charge in [-0.15, -0.1) is 0 Å². The van der Waals surface area contributed by atoms with Crippen LogP contribution in [-0.2, 0) is 18.4 Å². The van der Waals surface area contributed by atoms with E-state index in [9.17, 15) is 0 Å². The van der Waals surface area contributed by atoms with Crippen molar-refractivity contribution in [1.29, 1.82) is 0 Å². The molecular weight excluding hydrogens is 488 g/mol. The molecule has 0 radical (unpaired) electrons. The van der Waals surface area contributed by atoms with E-state index in [1.807, 2.05) is 69.4 Å². The van der Waals surface area contributed by atoms with Gasteiger partial charge in [0.1, 0.15) is 5.54 Å². The molecule has 1 aromatic heterocycles. The Morgan fingerprint density at radius 3 is 1.98 bits per heavy atom. The molecule has 4 aromatic rings. The SMILES string of the molecule is C=C(C)C(N=CN)(c1ccccc1)c1ccccc1.C=C(NCCc1cccnc1)c1cccc(CC)c1.CC. The van der Waals surface area contributed by atoms with Crippen LogP contribution in [0.4, 0.5) is 0 Å². The maximum Gasteiger partial charge on any atom is 0.133 e. The number of hydrogen-bond acceptors (Lipinski definition) is 3. The molecule has 4 heteroatoms. The van der Waals surface area contributed by atoms with E-state index < -0.39 is 5.54 Å². The lowest BCUT2D eigenvalue weighted by Crippen LogP contribution is -2.27. The van der Waals surface area contributed by atoms with Crippen LogP contribution in [0.3, 0.4) is 0 Å². The minimum absolute atomic E-state index is 0.614. The van der Waals surface area contributed by atoms with Gasteiger partial charge in [0.15, 0.2) is 0 Å². The summed E-state index contributed by atoms with van der Waals surface area (Å²) in [6, 6.07) is 32.8. The zero-order valence-corrected chi connectivity index (χ0v) is 24.5. The van der Waals surface area contributed by atoms with Gasteiger partial charge in [0.2, 0.25) is 0 Å². The summed E-state index contributed by atoms with van der Waals surface area (Å²) in [5, 5.41) is 3.38. The van der Waals surface area contributed by atoms with E-state index in [-0.39, 0.29) is 0 Å². The number of aromatic nitrogens is 1. The molecule has 3 N–H and O–H groups in total. The Labute approximate surface area is 241 Å². The highest BCUT2D eigenvalue weighted by Gasteiger charge is 2.34. The van der Waals surface area contributed by atoms with Crippen molar-refractivity contribution in [2.75, 3.05) is 6.54 Å². The monoisotopic (exact) mass is 532 g/mol. The third-order valence-corrected chi connectivity index (χ3v) is 6.43. The molecule has 0 aliphatic carbocycles. The van der Waals surface area contributed by atoms with E-state index in [0.29, 0.717) is 0 Å². The number of aryl methyl sites for hydroxylation is 1. The van der Waals surface area contributed by atoms with E-state index in [1.54, 1.807) is 6.20 Å². The van der Waals surface area contributed by atoms with Gasteiger partial charge in [-0.1, -0.05) is 119 Å². The van der Waals surface area contributed by atoms with Crippen molar-refractivity contribution in [1.82, 2.24) is 10.3 Å². The van der Waals surface area contributed by atoms with E-state index in [2.05, 4.69) is 90.0 Å². The van der Waals surface area contributed by atoms with Crippen LogP contribution in [0.15, 0.2) is 133 Å². The molecule has 0 atom stereocenters. The Bertz CT molecular complexity index is 1270. The molecule has 1 heterocycles. The van der Waals surface area contributed by atoms with Gasteiger partial charge in [0.25, 0.3) is 0 Å². The predicted molar refractivity (Wildman–Crippen MR) is 173 cm³/mol. The largest absolute Gasteiger partial charge is 0.390 e. The third-order valence-electron chi connectivity index (χ3n) is 6.43. The zero-order chi connectivity index (χ0) is 29.2. The Kier molecular flexibility index (Phi) is 13.7. The summed E-state index contributed by atoms with van der Waals surface area (Å²) < 4.78 is 0. The Morgan fingerprint density at radius 1 is 0.875 bits per heavy atom. The van der Waals surface area contributed by atoms with E-state index in [4.69, 9.17) is 5.73 Å². The van der Waals surface area contributed by atoms with Gasteiger partial charge >= 0.3 is 0 Å². The smallest absolute Gasteiger partial charge is 0.133 e. The van der Waals surface area contributed by atoms with Crippen molar-refractivity contribution in [3.8, 4) is 0 Å². The standard InChI is InChI=1S/C17H18N2.C17H20N2.C2H6/c1-14(2)17(19-13-18,15-9-5-3-6-10-15)16-11-7-4-8-12-16;1-3-15-6-4-8-17(12-15)14(2)19-11-9-16-7-5-10-18-13-16;1-2/h3-13H,1H2,2H3,(H2,18,19);4-8,10,12-13,19H,2-3,9,11H2,1H3;1-2H3. The van der Waals surface area contributed by atoms with Crippen molar-refractivity contribution >= 4 is 12.0 Å². The van der Waals surface area contributed by atoms with Gasteiger partial charge in [-0.05, 0) is 65.3 Å². The van der Waals surface area contributed by atoms with Gasteiger partial charge in [0, 0.05) is 24.6 Å². The number of nitrogens with two attached hydrogens (primary N) is 1. The summed E-state index contributed by atoms with van der Waals surface area (Å²) in [6.07, 6.45) is 7.07. The number of nitrogens with one attached hydrogen (secondary N) is 1. The summed E-state index contributed by atoms with van der Waals surface area (Å²) >= 11 is 0. The van der Waals surface area contributed by atoms with Crippen LogP contribution in [0.1, 0.15) is 55.5 Å². The van der Waals surface area contributed by atoms with Crippen molar-refractivity contribution < 1.29 is 0 Å². The fourth-order valence-corrected chi connectivity index (χ4v) is 4.37. The first kappa shape index (κ1) is 31.8. The highest BCUT2D eigenvalue weighted by atomic mass is 14.9. The molecule has 3 aromatic carbocycles. The molecule has 0 bridgehead atoms. The first-order valence-electron chi connectivity index (χ1n) is 13.9. The minimum Gasteiger partial charge on any atom is -0.390 e. The number of rotatable bonds is 10. The Hall–Kier alpha value is -4.44. The average molecular weight is 533 g/mol. The van der Waals surface area contributed by atoms with Crippen LogP contribution in [0, 0.1) is 0 Å². The maximum atomic E-state index is 5.59. The highest BCUT2D eigenvalue weighted by molar-refractivity contribution is 5.62. The lowest BCUT2D eigenvalue weighted by Gasteiger charge is -2.31. The van der Waals surface area contributed by atoms with Crippen molar-refractivity contribution in [3.63, 3.8) is 0 Å². The van der Waals surface area contributed by atoms with E-state index in [1.165, 1.54) is 23.0 Å². The quantitative estimate of drug-likeness (QED) is 0.124. The van der Waals surface area contributed by atoms with E-state index >= 15 is 0 Å². The fourth-order valence-electron chi connectivity index (χ4n) is 4.37. The molecule has 0 saturated heterocycles. The predicted octanol–water partition coefficient (Wildman–Crippen LogP) is 7.97. The van der Waals surface area contributed by atoms with Gasteiger partial charge in [0.05, 0.1) is 6.34 Å². The first-order chi connectivity index (χ1) is 19.5. The van der Waals surface area contributed by atoms with Gasteiger partial charge in [-0.25, -0.2) is 0 Å². The lowest BCUT2D eigenvalue weighted by molar-refractivity contribution is 0.644. The summed E-state index contributed by atoms with van der Waals surface area (Å²) in [5.74, 6) is 0. The van der Waals surface area contributed by atoms with Crippen LogP contribution in [0.2, 0.25) is 0 Å². The molecule has 4 rings (SSSR count). The van der Waals surface area contributed by atoms with Crippen molar-refractivity contribution in [2.45, 2.75) is 46.1 Å². The number of nitrogens with zero attached hydrogens (tertiary/aromatic N) is 2. The molecular formula is C36H44N4. The van der Waals surface area contributed by atoms with Crippen LogP contribution < -0.4 is 11.1 Å². The van der Waals surface area contributed by atoms with E-state index in [0.717, 1.165) is 41.8 Å². The van der Waals surface area contributed by atoms with Crippen molar-refractivity contribution in [2.24, 2.45) is 10.7 Å². The topological polar surface area (TPSA) is 63.3 Å². The highest BCUT2D eigenvalue weighted by Crippen LogP contribution is 2.39. The number of hydrogen-bond donors (Lipinski definition) is 2. The van der Waals surface area contributed by atoms with Crippen molar-refractivity contribution in [3.05, 3.63) is 156 Å². The second-order valence-corrected chi connectivity index (χ2v) is 9.07. The molecule has 0 aliphatic rings. The summed E-state index contributed by atoms with van der Waals surface area (Å²) in [7, 11) is 0. The zero-order valence-electron chi connectivity index (χ0n) is 24.5. The molecule has 0 fully saturated rings. The van der Waals surface area contributed by atoms with Gasteiger partial charge in [-0.3, -0.25) is 9.98 Å². The molecule has 0 unspecified atom stereocenters. The number of benzene rings is 3. The molecule has 4 nitrogen and oxygen atoms in total. The molecule has 40 heavy (non-hydrogen) atoms.